The third kappa shape index (κ3) is 8.80. The van der Waals surface area contributed by atoms with Crippen LogP contribution in [0.4, 0.5) is 0 Å². The van der Waals surface area contributed by atoms with Crippen molar-refractivity contribution in [1.82, 2.24) is 0 Å². The largest absolute Gasteiger partial charge is 0.468 e. The van der Waals surface area contributed by atoms with E-state index < -0.39 is 6.04 Å². The van der Waals surface area contributed by atoms with Crippen LogP contribution in [-0.2, 0) is 9.53 Å². The summed E-state index contributed by atoms with van der Waals surface area (Å²) >= 11 is 1.85. The van der Waals surface area contributed by atoms with Crippen LogP contribution in [0.25, 0.3) is 0 Å². The highest BCUT2D eigenvalue weighted by atomic mass is 32.2. The van der Waals surface area contributed by atoms with Crippen LogP contribution in [-0.4, -0.2) is 30.6 Å². The van der Waals surface area contributed by atoms with Crippen molar-refractivity contribution in [3.8, 4) is 0 Å². The maximum absolute atomic E-state index is 11.0. The molecule has 0 radical (unpaired) electrons. The molecule has 0 rings (SSSR count). The minimum atomic E-state index is -0.460. The molecule has 1 unspecified atom stereocenters. The SMILES string of the molecule is C=CCCCCCSCCC(N)C(=O)OC. The van der Waals surface area contributed by atoms with Crippen molar-refractivity contribution >= 4 is 17.7 Å². The first kappa shape index (κ1) is 15.5. The summed E-state index contributed by atoms with van der Waals surface area (Å²) in [5, 5.41) is 0. The summed E-state index contributed by atoms with van der Waals surface area (Å²) < 4.78 is 4.55. The lowest BCUT2D eigenvalue weighted by molar-refractivity contribution is -0.142. The molecule has 0 bridgehead atoms. The van der Waals surface area contributed by atoms with E-state index in [9.17, 15) is 4.79 Å². The smallest absolute Gasteiger partial charge is 0.322 e. The molecule has 2 N–H and O–H groups in total. The third-order valence-corrected chi connectivity index (χ3v) is 3.38. The molecule has 0 saturated heterocycles. The fourth-order valence-electron chi connectivity index (χ4n) is 1.25. The van der Waals surface area contributed by atoms with Crippen LogP contribution in [0.2, 0.25) is 0 Å². The number of hydrogen-bond donors (Lipinski definition) is 1. The van der Waals surface area contributed by atoms with E-state index in [0.717, 1.165) is 17.9 Å². The lowest BCUT2D eigenvalue weighted by Gasteiger charge is -2.08. The van der Waals surface area contributed by atoms with Crippen molar-refractivity contribution in [1.29, 1.82) is 0 Å². The zero-order valence-corrected chi connectivity index (χ0v) is 10.9. The average molecular weight is 245 g/mol. The van der Waals surface area contributed by atoms with Crippen molar-refractivity contribution in [3.63, 3.8) is 0 Å². The number of thioether (sulfide) groups is 1. The lowest BCUT2D eigenvalue weighted by atomic mass is 10.2. The molecule has 0 heterocycles. The van der Waals surface area contributed by atoms with Gasteiger partial charge in [-0.1, -0.05) is 12.5 Å². The highest BCUT2D eigenvalue weighted by Crippen LogP contribution is 2.10. The zero-order valence-electron chi connectivity index (χ0n) is 10.1. The summed E-state index contributed by atoms with van der Waals surface area (Å²) in [5.74, 6) is 1.76. The van der Waals surface area contributed by atoms with Gasteiger partial charge in [-0.3, -0.25) is 4.79 Å². The van der Waals surface area contributed by atoms with Crippen LogP contribution in [0.1, 0.15) is 32.1 Å². The number of rotatable bonds is 10. The Hall–Kier alpha value is -0.480. The maximum atomic E-state index is 11.0. The average Bonchev–Trinajstić information content (AvgIpc) is 2.31. The van der Waals surface area contributed by atoms with E-state index in [0.29, 0.717) is 6.42 Å². The Labute approximate surface area is 103 Å². The Balaban J connectivity index is 3.20. The molecule has 0 spiro atoms. The molecule has 0 aromatic rings. The van der Waals surface area contributed by atoms with E-state index in [2.05, 4.69) is 11.3 Å². The Morgan fingerprint density at radius 1 is 1.44 bits per heavy atom. The highest BCUT2D eigenvalue weighted by molar-refractivity contribution is 7.99. The summed E-state index contributed by atoms with van der Waals surface area (Å²) in [7, 11) is 1.37. The molecular weight excluding hydrogens is 222 g/mol. The van der Waals surface area contributed by atoms with Gasteiger partial charge < -0.3 is 10.5 Å². The normalized spacial score (nSPS) is 12.1. The fourth-order valence-corrected chi connectivity index (χ4v) is 2.28. The number of ether oxygens (including phenoxy) is 1. The Morgan fingerprint density at radius 2 is 2.19 bits per heavy atom. The van der Waals surface area contributed by atoms with E-state index in [1.54, 1.807) is 0 Å². The second-order valence-corrected chi connectivity index (χ2v) is 4.89. The first-order valence-corrected chi connectivity index (χ1v) is 6.90. The maximum Gasteiger partial charge on any atom is 0.322 e. The molecule has 3 nitrogen and oxygen atoms in total. The molecule has 0 aromatic carbocycles. The van der Waals surface area contributed by atoms with Crippen molar-refractivity contribution in [2.45, 2.75) is 38.1 Å². The van der Waals surface area contributed by atoms with E-state index in [-0.39, 0.29) is 5.97 Å². The van der Waals surface area contributed by atoms with Crippen LogP contribution in [0.3, 0.4) is 0 Å². The van der Waals surface area contributed by atoms with Crippen LogP contribution in [0.5, 0.6) is 0 Å². The summed E-state index contributed by atoms with van der Waals surface area (Å²) in [6.07, 6.45) is 7.48. The van der Waals surface area contributed by atoms with Gasteiger partial charge in [0.05, 0.1) is 7.11 Å². The quantitative estimate of drug-likeness (QED) is 0.365. The number of allylic oxidation sites excluding steroid dienone is 1. The van der Waals surface area contributed by atoms with Gasteiger partial charge in [0.15, 0.2) is 0 Å². The number of hydrogen-bond acceptors (Lipinski definition) is 4. The Kier molecular flexibility index (Phi) is 10.7. The fraction of sp³-hybridized carbons (Fsp3) is 0.750. The Morgan fingerprint density at radius 3 is 2.81 bits per heavy atom. The minimum absolute atomic E-state index is 0.313. The molecular formula is C12H23NO2S. The molecule has 4 heteroatoms. The van der Waals surface area contributed by atoms with Gasteiger partial charge in [-0.05, 0) is 37.2 Å². The van der Waals surface area contributed by atoms with Gasteiger partial charge in [-0.2, -0.15) is 11.8 Å². The first-order valence-electron chi connectivity index (χ1n) is 5.74. The second kappa shape index (κ2) is 11.0. The minimum Gasteiger partial charge on any atom is -0.468 e. The molecule has 0 aliphatic carbocycles. The predicted molar refractivity (Wildman–Crippen MR) is 70.6 cm³/mol. The number of methoxy groups -OCH3 is 1. The lowest BCUT2D eigenvalue weighted by Crippen LogP contribution is -2.32. The van der Waals surface area contributed by atoms with E-state index in [4.69, 9.17) is 5.73 Å². The number of carbonyl (C=O) groups is 1. The van der Waals surface area contributed by atoms with Gasteiger partial charge in [0.2, 0.25) is 0 Å². The monoisotopic (exact) mass is 245 g/mol. The molecule has 0 fully saturated rings. The first-order chi connectivity index (χ1) is 7.72. The van der Waals surface area contributed by atoms with Gasteiger partial charge in [0, 0.05) is 0 Å². The summed E-state index contributed by atoms with van der Waals surface area (Å²) in [6, 6.07) is -0.460. The van der Waals surface area contributed by atoms with E-state index >= 15 is 0 Å². The molecule has 0 aliphatic rings. The Bertz CT molecular complexity index is 197. The summed E-state index contributed by atoms with van der Waals surface area (Å²) in [4.78, 5) is 11.0. The van der Waals surface area contributed by atoms with Crippen LogP contribution in [0.15, 0.2) is 12.7 Å². The van der Waals surface area contributed by atoms with Gasteiger partial charge in [-0.15, -0.1) is 6.58 Å². The summed E-state index contributed by atoms with van der Waals surface area (Å²) in [5.41, 5.74) is 5.61. The predicted octanol–water partition coefficient (Wildman–Crippen LogP) is 2.36. The topological polar surface area (TPSA) is 52.3 Å². The molecule has 94 valence electrons. The van der Waals surface area contributed by atoms with Crippen molar-refractivity contribution < 1.29 is 9.53 Å². The molecule has 0 aliphatic heterocycles. The van der Waals surface area contributed by atoms with Crippen LogP contribution in [0, 0.1) is 0 Å². The zero-order chi connectivity index (χ0) is 12.2. The summed E-state index contributed by atoms with van der Waals surface area (Å²) in [6.45, 7) is 3.69. The van der Waals surface area contributed by atoms with Gasteiger partial charge in [0.1, 0.15) is 6.04 Å². The standard InChI is InChI=1S/C12H23NO2S/c1-3-4-5-6-7-9-16-10-8-11(13)12(14)15-2/h3,11H,1,4-10,13H2,2H3. The molecule has 0 aromatic heterocycles. The van der Waals surface area contributed by atoms with Gasteiger partial charge in [-0.25, -0.2) is 0 Å². The number of unbranched alkanes of at least 4 members (excludes halogenated alkanes) is 3. The van der Waals surface area contributed by atoms with Crippen molar-refractivity contribution in [2.24, 2.45) is 5.73 Å². The van der Waals surface area contributed by atoms with E-state index in [1.807, 2.05) is 17.8 Å². The number of nitrogens with two attached hydrogens (primary N) is 1. The van der Waals surface area contributed by atoms with Crippen molar-refractivity contribution in [2.75, 3.05) is 18.6 Å². The highest BCUT2D eigenvalue weighted by Gasteiger charge is 2.12. The van der Waals surface area contributed by atoms with Crippen molar-refractivity contribution in [3.05, 3.63) is 12.7 Å². The van der Waals surface area contributed by atoms with Crippen LogP contribution >= 0.6 is 11.8 Å². The van der Waals surface area contributed by atoms with Gasteiger partial charge in [0.25, 0.3) is 0 Å². The molecule has 0 amide bonds. The molecule has 0 saturated carbocycles. The number of esters is 1. The molecule has 1 atom stereocenters. The van der Waals surface area contributed by atoms with Crippen LogP contribution < -0.4 is 5.73 Å². The number of carbonyl (C=O) groups excluding carboxylic acids is 1. The third-order valence-electron chi connectivity index (χ3n) is 2.27. The second-order valence-electron chi connectivity index (χ2n) is 3.67. The van der Waals surface area contributed by atoms with Gasteiger partial charge >= 0.3 is 5.97 Å². The molecule has 16 heavy (non-hydrogen) atoms. The van der Waals surface area contributed by atoms with E-state index in [1.165, 1.54) is 26.4 Å².